The summed E-state index contributed by atoms with van der Waals surface area (Å²) in [6.07, 6.45) is 9.14. The van der Waals surface area contributed by atoms with Gasteiger partial charge in [0.05, 0.1) is 4.92 Å². The van der Waals surface area contributed by atoms with Gasteiger partial charge < -0.3 is 0 Å². The van der Waals surface area contributed by atoms with Gasteiger partial charge in [0.1, 0.15) is 0 Å². The summed E-state index contributed by atoms with van der Waals surface area (Å²) in [6.45, 7) is 0. The monoisotopic (exact) mass is 271 g/mol. The maximum absolute atomic E-state index is 11.2. The standard InChI is InChI=1S/C17H21NO2/c19-18(20)16-4-2-1-3-15(16)11-17-8-12-5-13(9-17)7-14(6-12)10-17/h1-4,12-14H,5-11H2. The van der Waals surface area contributed by atoms with E-state index in [0.29, 0.717) is 11.1 Å². The molecule has 1 aromatic rings. The molecule has 3 heteroatoms. The number of rotatable bonds is 3. The fourth-order valence-corrected chi connectivity index (χ4v) is 5.75. The molecule has 0 radical (unpaired) electrons. The minimum atomic E-state index is -0.212. The van der Waals surface area contributed by atoms with Crippen molar-refractivity contribution in [1.82, 2.24) is 0 Å². The third-order valence-corrected chi connectivity index (χ3v) is 5.92. The molecule has 0 N–H and O–H groups in total. The molecule has 0 aromatic heterocycles. The molecule has 0 atom stereocenters. The highest BCUT2D eigenvalue weighted by molar-refractivity contribution is 5.40. The van der Waals surface area contributed by atoms with Crippen LogP contribution in [0.3, 0.4) is 0 Å². The molecule has 1 aromatic carbocycles. The summed E-state index contributed by atoms with van der Waals surface area (Å²) >= 11 is 0. The quantitative estimate of drug-likeness (QED) is 0.605. The molecular weight excluding hydrogens is 250 g/mol. The zero-order chi connectivity index (χ0) is 13.7. The largest absolute Gasteiger partial charge is 0.272 e. The number of benzene rings is 1. The first-order chi connectivity index (χ1) is 9.63. The Morgan fingerprint density at radius 1 is 1.05 bits per heavy atom. The van der Waals surface area contributed by atoms with Gasteiger partial charge in [0.15, 0.2) is 0 Å². The topological polar surface area (TPSA) is 43.1 Å². The first-order valence-corrected chi connectivity index (χ1v) is 7.86. The molecule has 0 aliphatic heterocycles. The van der Waals surface area contributed by atoms with E-state index < -0.39 is 0 Å². The van der Waals surface area contributed by atoms with Crippen molar-refractivity contribution in [1.29, 1.82) is 0 Å². The zero-order valence-corrected chi connectivity index (χ0v) is 11.8. The Balaban J connectivity index is 1.64. The Morgan fingerprint density at radius 2 is 1.60 bits per heavy atom. The minimum Gasteiger partial charge on any atom is -0.258 e. The summed E-state index contributed by atoms with van der Waals surface area (Å²) in [5, 5.41) is 11.2. The van der Waals surface area contributed by atoms with Gasteiger partial charge in [-0.3, -0.25) is 10.1 Å². The Morgan fingerprint density at radius 3 is 2.15 bits per heavy atom. The fraction of sp³-hybridized carbons (Fsp3) is 0.647. The summed E-state index contributed by atoms with van der Waals surface area (Å²) in [4.78, 5) is 11.0. The van der Waals surface area contributed by atoms with Gasteiger partial charge in [-0.1, -0.05) is 18.2 Å². The van der Waals surface area contributed by atoms with Crippen LogP contribution >= 0.6 is 0 Å². The summed E-state index contributed by atoms with van der Waals surface area (Å²) in [6, 6.07) is 7.36. The molecule has 0 heterocycles. The molecule has 5 rings (SSSR count). The molecule has 4 fully saturated rings. The van der Waals surface area contributed by atoms with Crippen LogP contribution in [0.25, 0.3) is 0 Å². The predicted octanol–water partition coefficient (Wildman–Crippen LogP) is 4.35. The van der Waals surface area contributed by atoms with Gasteiger partial charge >= 0.3 is 0 Å². The molecule has 20 heavy (non-hydrogen) atoms. The van der Waals surface area contributed by atoms with E-state index in [4.69, 9.17) is 0 Å². The van der Waals surface area contributed by atoms with Crippen molar-refractivity contribution in [3.05, 3.63) is 39.9 Å². The van der Waals surface area contributed by atoms with E-state index in [0.717, 1.165) is 29.7 Å². The maximum Gasteiger partial charge on any atom is 0.272 e. The average Bonchev–Trinajstić information content (AvgIpc) is 2.36. The Hall–Kier alpha value is -1.38. The molecule has 3 nitrogen and oxygen atoms in total. The second kappa shape index (κ2) is 4.31. The van der Waals surface area contributed by atoms with Crippen LogP contribution in [0.15, 0.2) is 24.3 Å². The molecule has 4 aliphatic carbocycles. The van der Waals surface area contributed by atoms with Crippen molar-refractivity contribution in [3.8, 4) is 0 Å². The SMILES string of the molecule is O=[N+]([O-])c1ccccc1CC12CC3CC(CC(C3)C1)C2. The van der Waals surface area contributed by atoms with Gasteiger partial charge in [-0.2, -0.15) is 0 Å². The van der Waals surface area contributed by atoms with Crippen molar-refractivity contribution < 1.29 is 4.92 Å². The van der Waals surface area contributed by atoms with E-state index in [2.05, 4.69) is 0 Å². The van der Waals surface area contributed by atoms with Gasteiger partial charge in [0, 0.05) is 11.6 Å². The van der Waals surface area contributed by atoms with E-state index in [9.17, 15) is 10.1 Å². The zero-order valence-electron chi connectivity index (χ0n) is 11.8. The molecule has 106 valence electrons. The Labute approximate surface area is 119 Å². The van der Waals surface area contributed by atoms with Gasteiger partial charge in [-0.15, -0.1) is 0 Å². The highest BCUT2D eigenvalue weighted by atomic mass is 16.6. The van der Waals surface area contributed by atoms with Crippen LogP contribution in [0.4, 0.5) is 5.69 Å². The molecule has 4 saturated carbocycles. The summed E-state index contributed by atoms with van der Waals surface area (Å²) < 4.78 is 0. The van der Waals surface area contributed by atoms with Crippen LogP contribution in [0.1, 0.15) is 44.1 Å². The normalized spacial score (nSPS) is 38.1. The molecule has 4 aliphatic rings. The van der Waals surface area contributed by atoms with Crippen LogP contribution in [0.5, 0.6) is 0 Å². The first kappa shape index (κ1) is 12.4. The minimum absolute atomic E-state index is 0.212. The summed E-state index contributed by atoms with van der Waals surface area (Å²) in [5.74, 6) is 2.72. The van der Waals surface area contributed by atoms with Crippen LogP contribution in [-0.4, -0.2) is 4.92 Å². The van der Waals surface area contributed by atoms with E-state index in [1.165, 1.54) is 38.5 Å². The second-order valence-corrected chi connectivity index (χ2v) is 7.48. The smallest absolute Gasteiger partial charge is 0.258 e. The first-order valence-electron chi connectivity index (χ1n) is 7.86. The molecular formula is C17H21NO2. The summed E-state index contributed by atoms with van der Waals surface area (Å²) in [7, 11) is 0. The van der Waals surface area contributed by atoms with Crippen molar-refractivity contribution in [3.63, 3.8) is 0 Å². The maximum atomic E-state index is 11.2. The Kier molecular flexibility index (Phi) is 2.66. The van der Waals surface area contributed by atoms with Crippen LogP contribution in [-0.2, 0) is 6.42 Å². The van der Waals surface area contributed by atoms with Crippen molar-refractivity contribution in [2.45, 2.75) is 44.9 Å². The highest BCUT2D eigenvalue weighted by Crippen LogP contribution is 2.61. The highest BCUT2D eigenvalue weighted by Gasteiger charge is 2.51. The van der Waals surface area contributed by atoms with Crippen molar-refractivity contribution >= 4 is 5.69 Å². The lowest BCUT2D eigenvalue weighted by Gasteiger charge is -2.57. The molecule has 0 amide bonds. The van der Waals surface area contributed by atoms with Crippen LogP contribution < -0.4 is 0 Å². The van der Waals surface area contributed by atoms with Crippen molar-refractivity contribution in [2.75, 3.05) is 0 Å². The van der Waals surface area contributed by atoms with Gasteiger partial charge in [0.2, 0.25) is 0 Å². The number of nitro groups is 1. The second-order valence-electron chi connectivity index (χ2n) is 7.48. The van der Waals surface area contributed by atoms with Gasteiger partial charge in [-0.05, 0) is 68.1 Å². The number of nitro benzene ring substituents is 1. The van der Waals surface area contributed by atoms with Crippen molar-refractivity contribution in [2.24, 2.45) is 23.2 Å². The number of nitrogens with zero attached hydrogens (tertiary/aromatic N) is 1. The van der Waals surface area contributed by atoms with E-state index in [1.807, 2.05) is 12.1 Å². The van der Waals surface area contributed by atoms with E-state index >= 15 is 0 Å². The number of para-hydroxylation sites is 1. The fourth-order valence-electron chi connectivity index (χ4n) is 5.75. The lowest BCUT2D eigenvalue weighted by atomic mass is 9.48. The third-order valence-electron chi connectivity index (χ3n) is 5.92. The molecule has 4 bridgehead atoms. The van der Waals surface area contributed by atoms with E-state index in [-0.39, 0.29) is 4.92 Å². The van der Waals surface area contributed by atoms with Gasteiger partial charge in [0.25, 0.3) is 5.69 Å². The lowest BCUT2D eigenvalue weighted by molar-refractivity contribution is -0.385. The summed E-state index contributed by atoms with van der Waals surface area (Å²) in [5.41, 5.74) is 1.66. The van der Waals surface area contributed by atoms with Crippen LogP contribution in [0.2, 0.25) is 0 Å². The molecule has 0 saturated heterocycles. The van der Waals surface area contributed by atoms with E-state index in [1.54, 1.807) is 12.1 Å². The molecule has 0 unspecified atom stereocenters. The number of hydrogen-bond donors (Lipinski definition) is 0. The van der Waals surface area contributed by atoms with Gasteiger partial charge in [-0.25, -0.2) is 0 Å². The molecule has 0 spiro atoms. The predicted molar refractivity (Wildman–Crippen MR) is 77.4 cm³/mol. The average molecular weight is 271 g/mol. The lowest BCUT2D eigenvalue weighted by Crippen LogP contribution is -2.47. The third kappa shape index (κ3) is 1.95. The van der Waals surface area contributed by atoms with Crippen LogP contribution in [0, 0.1) is 33.3 Å². The number of hydrogen-bond acceptors (Lipinski definition) is 2. The Bertz CT molecular complexity index is 516.